The SMILES string of the molecule is O=C(Nc1ccccc1)C1=CCN(Cc2ccccc2)CC1. The number of nitrogens with zero attached hydrogens (tertiary/aromatic N) is 1. The van der Waals surface area contributed by atoms with Crippen molar-refractivity contribution in [3.63, 3.8) is 0 Å². The molecular weight excluding hydrogens is 272 g/mol. The van der Waals surface area contributed by atoms with Crippen LogP contribution in [0, 0.1) is 0 Å². The molecule has 1 amide bonds. The maximum atomic E-state index is 12.2. The Morgan fingerprint density at radius 3 is 2.32 bits per heavy atom. The van der Waals surface area contributed by atoms with Crippen LogP contribution in [0.1, 0.15) is 12.0 Å². The summed E-state index contributed by atoms with van der Waals surface area (Å²) in [4.78, 5) is 14.6. The predicted molar refractivity (Wildman–Crippen MR) is 89.5 cm³/mol. The molecule has 1 N–H and O–H groups in total. The summed E-state index contributed by atoms with van der Waals surface area (Å²) >= 11 is 0. The molecule has 1 heterocycles. The highest BCUT2D eigenvalue weighted by Gasteiger charge is 2.17. The lowest BCUT2D eigenvalue weighted by atomic mass is 10.1. The van der Waals surface area contributed by atoms with Gasteiger partial charge in [-0.15, -0.1) is 0 Å². The molecule has 2 aromatic carbocycles. The molecule has 0 aromatic heterocycles. The lowest BCUT2D eigenvalue weighted by Gasteiger charge is -2.26. The predicted octanol–water partition coefficient (Wildman–Crippen LogP) is 3.46. The molecule has 3 heteroatoms. The summed E-state index contributed by atoms with van der Waals surface area (Å²) in [5.74, 6) is 0.0190. The molecule has 0 aliphatic carbocycles. The van der Waals surface area contributed by atoms with Gasteiger partial charge in [0, 0.05) is 30.9 Å². The Balaban J connectivity index is 1.56. The van der Waals surface area contributed by atoms with E-state index in [1.54, 1.807) is 0 Å². The third-order valence-corrected chi connectivity index (χ3v) is 3.87. The van der Waals surface area contributed by atoms with Crippen molar-refractivity contribution < 1.29 is 4.79 Å². The van der Waals surface area contributed by atoms with Crippen LogP contribution >= 0.6 is 0 Å². The van der Waals surface area contributed by atoms with Crippen molar-refractivity contribution in [3.05, 3.63) is 77.9 Å². The van der Waals surface area contributed by atoms with Crippen molar-refractivity contribution in [2.45, 2.75) is 13.0 Å². The summed E-state index contributed by atoms with van der Waals surface area (Å²) in [5, 5.41) is 2.95. The van der Waals surface area contributed by atoms with E-state index in [0.717, 1.165) is 37.3 Å². The molecule has 0 spiro atoms. The van der Waals surface area contributed by atoms with E-state index < -0.39 is 0 Å². The Hall–Kier alpha value is -2.39. The van der Waals surface area contributed by atoms with Crippen LogP contribution in [0.5, 0.6) is 0 Å². The summed E-state index contributed by atoms with van der Waals surface area (Å²) in [6.07, 6.45) is 2.84. The molecule has 0 bridgehead atoms. The second-order valence-corrected chi connectivity index (χ2v) is 5.52. The van der Waals surface area contributed by atoms with Crippen LogP contribution in [0.25, 0.3) is 0 Å². The molecule has 0 radical (unpaired) electrons. The fourth-order valence-electron chi connectivity index (χ4n) is 2.64. The first-order chi connectivity index (χ1) is 10.8. The first-order valence-electron chi connectivity index (χ1n) is 7.63. The largest absolute Gasteiger partial charge is 0.322 e. The molecule has 0 atom stereocenters. The van der Waals surface area contributed by atoms with Crippen molar-refractivity contribution in [1.82, 2.24) is 4.90 Å². The van der Waals surface area contributed by atoms with E-state index in [1.165, 1.54) is 5.56 Å². The quantitative estimate of drug-likeness (QED) is 0.936. The maximum absolute atomic E-state index is 12.2. The Labute approximate surface area is 131 Å². The third-order valence-electron chi connectivity index (χ3n) is 3.87. The number of carbonyl (C=O) groups excluding carboxylic acids is 1. The van der Waals surface area contributed by atoms with Crippen LogP contribution in [0.4, 0.5) is 5.69 Å². The van der Waals surface area contributed by atoms with E-state index in [9.17, 15) is 4.79 Å². The summed E-state index contributed by atoms with van der Waals surface area (Å²) < 4.78 is 0. The average Bonchev–Trinajstić information content (AvgIpc) is 2.57. The smallest absolute Gasteiger partial charge is 0.251 e. The lowest BCUT2D eigenvalue weighted by Crippen LogP contribution is -2.31. The van der Waals surface area contributed by atoms with Gasteiger partial charge in [-0.25, -0.2) is 0 Å². The Morgan fingerprint density at radius 1 is 1.00 bits per heavy atom. The maximum Gasteiger partial charge on any atom is 0.251 e. The summed E-state index contributed by atoms with van der Waals surface area (Å²) in [5.41, 5.74) is 3.04. The van der Waals surface area contributed by atoms with Gasteiger partial charge in [0.15, 0.2) is 0 Å². The van der Waals surface area contributed by atoms with Gasteiger partial charge in [-0.1, -0.05) is 54.6 Å². The summed E-state index contributed by atoms with van der Waals surface area (Å²) in [6, 6.07) is 20.0. The minimum Gasteiger partial charge on any atom is -0.322 e. The molecule has 1 aliphatic heterocycles. The van der Waals surface area contributed by atoms with E-state index in [-0.39, 0.29) is 5.91 Å². The number of rotatable bonds is 4. The number of para-hydroxylation sites is 1. The minimum absolute atomic E-state index is 0.0190. The average molecular weight is 292 g/mol. The number of amides is 1. The van der Waals surface area contributed by atoms with Crippen molar-refractivity contribution in [3.8, 4) is 0 Å². The van der Waals surface area contributed by atoms with Gasteiger partial charge in [-0.3, -0.25) is 9.69 Å². The molecule has 0 unspecified atom stereocenters. The summed E-state index contributed by atoms with van der Waals surface area (Å²) in [6.45, 7) is 2.68. The number of hydrogen-bond acceptors (Lipinski definition) is 2. The number of hydrogen-bond donors (Lipinski definition) is 1. The van der Waals surface area contributed by atoms with E-state index in [2.05, 4.69) is 34.5 Å². The van der Waals surface area contributed by atoms with Crippen molar-refractivity contribution in [1.29, 1.82) is 0 Å². The normalized spacial score (nSPS) is 15.2. The van der Waals surface area contributed by atoms with E-state index >= 15 is 0 Å². The fraction of sp³-hybridized carbons (Fsp3) is 0.211. The van der Waals surface area contributed by atoms with Crippen LogP contribution in [0.3, 0.4) is 0 Å². The van der Waals surface area contributed by atoms with E-state index in [0.29, 0.717) is 0 Å². The molecule has 3 rings (SSSR count). The zero-order valence-electron chi connectivity index (χ0n) is 12.5. The zero-order chi connectivity index (χ0) is 15.2. The summed E-state index contributed by atoms with van der Waals surface area (Å²) in [7, 11) is 0. The Kier molecular flexibility index (Phi) is 4.66. The van der Waals surface area contributed by atoms with Crippen LogP contribution in [-0.2, 0) is 11.3 Å². The highest BCUT2D eigenvalue weighted by Crippen LogP contribution is 2.16. The number of carbonyl (C=O) groups is 1. The lowest BCUT2D eigenvalue weighted by molar-refractivity contribution is -0.113. The number of nitrogens with one attached hydrogen (secondary N) is 1. The van der Waals surface area contributed by atoms with Gasteiger partial charge in [0.25, 0.3) is 5.91 Å². The minimum atomic E-state index is 0.0190. The van der Waals surface area contributed by atoms with Crippen molar-refractivity contribution in [2.24, 2.45) is 0 Å². The van der Waals surface area contributed by atoms with Crippen molar-refractivity contribution in [2.75, 3.05) is 18.4 Å². The van der Waals surface area contributed by atoms with Crippen LogP contribution in [-0.4, -0.2) is 23.9 Å². The molecule has 112 valence electrons. The first-order valence-corrected chi connectivity index (χ1v) is 7.63. The third kappa shape index (κ3) is 3.83. The molecule has 2 aromatic rings. The first kappa shape index (κ1) is 14.5. The van der Waals surface area contributed by atoms with Gasteiger partial charge in [-0.2, -0.15) is 0 Å². The van der Waals surface area contributed by atoms with Crippen LogP contribution in [0.2, 0.25) is 0 Å². The standard InChI is InChI=1S/C19H20N2O/c22-19(20-18-9-5-2-6-10-18)17-11-13-21(14-12-17)15-16-7-3-1-4-8-16/h1-11H,12-15H2,(H,20,22). The topological polar surface area (TPSA) is 32.3 Å². The Bertz CT molecular complexity index is 650. The number of anilines is 1. The molecule has 0 saturated carbocycles. The van der Waals surface area contributed by atoms with Crippen LogP contribution < -0.4 is 5.32 Å². The molecule has 0 saturated heterocycles. The van der Waals surface area contributed by atoms with Crippen LogP contribution in [0.15, 0.2) is 72.3 Å². The van der Waals surface area contributed by atoms with E-state index in [1.807, 2.05) is 42.5 Å². The van der Waals surface area contributed by atoms with Gasteiger partial charge >= 0.3 is 0 Å². The Morgan fingerprint density at radius 2 is 1.68 bits per heavy atom. The number of benzene rings is 2. The van der Waals surface area contributed by atoms with Gasteiger partial charge in [0.2, 0.25) is 0 Å². The second-order valence-electron chi connectivity index (χ2n) is 5.52. The molecule has 0 fully saturated rings. The molecule has 22 heavy (non-hydrogen) atoms. The van der Waals surface area contributed by atoms with Gasteiger partial charge in [-0.05, 0) is 24.1 Å². The van der Waals surface area contributed by atoms with Gasteiger partial charge in [0.05, 0.1) is 0 Å². The monoisotopic (exact) mass is 292 g/mol. The zero-order valence-corrected chi connectivity index (χ0v) is 12.5. The van der Waals surface area contributed by atoms with Gasteiger partial charge in [0.1, 0.15) is 0 Å². The second kappa shape index (κ2) is 7.05. The molecule has 1 aliphatic rings. The highest BCUT2D eigenvalue weighted by atomic mass is 16.1. The molecule has 3 nitrogen and oxygen atoms in total. The van der Waals surface area contributed by atoms with Gasteiger partial charge < -0.3 is 5.32 Å². The van der Waals surface area contributed by atoms with Crippen molar-refractivity contribution >= 4 is 11.6 Å². The highest BCUT2D eigenvalue weighted by molar-refractivity contribution is 6.03. The van der Waals surface area contributed by atoms with E-state index in [4.69, 9.17) is 0 Å². The molecular formula is C19H20N2O. The fourth-order valence-corrected chi connectivity index (χ4v) is 2.64.